The van der Waals surface area contributed by atoms with Crippen molar-refractivity contribution in [1.82, 2.24) is 14.1 Å². The van der Waals surface area contributed by atoms with Crippen molar-refractivity contribution < 1.29 is 21.9 Å². The minimum atomic E-state index is -3.57. The average molecular weight is 588 g/mol. The molecule has 1 aromatic heterocycles. The number of ether oxygens (including phenoxy) is 1. The summed E-state index contributed by atoms with van der Waals surface area (Å²) in [5.74, 6) is -1.74. The molecule has 1 saturated heterocycles. The highest BCUT2D eigenvalue weighted by Crippen LogP contribution is 2.45. The van der Waals surface area contributed by atoms with Crippen molar-refractivity contribution >= 4 is 21.4 Å². The molecule has 0 atom stereocenters. The van der Waals surface area contributed by atoms with Crippen molar-refractivity contribution in [2.45, 2.75) is 44.8 Å². The summed E-state index contributed by atoms with van der Waals surface area (Å²) in [5, 5.41) is 4.22. The lowest BCUT2D eigenvalue weighted by molar-refractivity contribution is 0.0471. The summed E-state index contributed by atoms with van der Waals surface area (Å²) >= 11 is 0. The molecule has 1 saturated carbocycles. The normalized spacial score (nSPS) is 17.3. The van der Waals surface area contributed by atoms with Crippen molar-refractivity contribution in [1.29, 1.82) is 0 Å². The van der Waals surface area contributed by atoms with E-state index in [2.05, 4.69) is 12.0 Å². The first kappa shape index (κ1) is 29.0. The van der Waals surface area contributed by atoms with E-state index in [-0.39, 0.29) is 35.7 Å². The van der Waals surface area contributed by atoms with Crippen LogP contribution in [0.1, 0.15) is 44.6 Å². The van der Waals surface area contributed by atoms with Crippen molar-refractivity contribution in [2.75, 3.05) is 43.4 Å². The number of rotatable bonds is 10. The summed E-state index contributed by atoms with van der Waals surface area (Å²) in [7, 11) is -3.57. The Morgan fingerprint density at radius 3 is 2.27 bits per heavy atom. The second-order valence-electron chi connectivity index (χ2n) is 11.0. The number of halogens is 2. The van der Waals surface area contributed by atoms with Gasteiger partial charge in [-0.25, -0.2) is 17.2 Å². The van der Waals surface area contributed by atoms with Gasteiger partial charge in [-0.2, -0.15) is 14.1 Å². The van der Waals surface area contributed by atoms with Gasteiger partial charge in [0, 0.05) is 43.3 Å². The van der Waals surface area contributed by atoms with Gasteiger partial charge < -0.3 is 15.4 Å². The molecule has 2 heterocycles. The van der Waals surface area contributed by atoms with Gasteiger partial charge in [0.05, 0.1) is 24.2 Å². The molecule has 2 aliphatic rings. The number of aromatic nitrogens is 2. The zero-order chi connectivity index (χ0) is 29.2. The third kappa shape index (κ3) is 6.38. The van der Waals surface area contributed by atoms with E-state index in [0.717, 1.165) is 55.0 Å². The van der Waals surface area contributed by atoms with E-state index >= 15 is 0 Å². The second kappa shape index (κ2) is 11.8. The van der Waals surface area contributed by atoms with Gasteiger partial charge in [-0.1, -0.05) is 31.9 Å². The van der Waals surface area contributed by atoms with E-state index in [1.807, 2.05) is 4.90 Å². The fourth-order valence-corrected chi connectivity index (χ4v) is 7.17. The largest absolute Gasteiger partial charge is 0.486 e. The van der Waals surface area contributed by atoms with Crippen LogP contribution in [0.3, 0.4) is 0 Å². The Morgan fingerprint density at radius 2 is 1.68 bits per heavy atom. The molecule has 220 valence electrons. The van der Waals surface area contributed by atoms with Crippen LogP contribution in [-0.4, -0.2) is 55.3 Å². The maximum absolute atomic E-state index is 14.0. The van der Waals surface area contributed by atoms with Crippen LogP contribution in [0.2, 0.25) is 0 Å². The number of hydrogen-bond acceptors (Lipinski definition) is 7. The molecular weight excluding hydrogens is 552 g/mol. The molecule has 1 aliphatic heterocycles. The van der Waals surface area contributed by atoms with Gasteiger partial charge >= 0.3 is 5.56 Å². The van der Waals surface area contributed by atoms with Crippen LogP contribution in [0, 0.1) is 17.0 Å². The Balaban J connectivity index is 1.39. The average Bonchev–Trinajstić information content (AvgIpc) is 2.91. The fraction of sp³-hybridized carbons (Fsp3) is 0.448. The Kier molecular flexibility index (Phi) is 8.32. The number of nitrogens with two attached hydrogens (primary N) is 1. The molecule has 5 rings (SSSR count). The highest BCUT2D eigenvalue weighted by atomic mass is 32.2. The summed E-state index contributed by atoms with van der Waals surface area (Å²) in [5.41, 5.74) is 6.68. The van der Waals surface area contributed by atoms with Crippen LogP contribution in [0.25, 0.3) is 5.69 Å². The van der Waals surface area contributed by atoms with Gasteiger partial charge in [0.25, 0.3) is 0 Å². The number of hydrogen-bond donors (Lipinski definition) is 1. The molecule has 2 aromatic carbocycles. The number of benzene rings is 2. The van der Waals surface area contributed by atoms with Gasteiger partial charge in [0.1, 0.15) is 17.3 Å². The highest BCUT2D eigenvalue weighted by molar-refractivity contribution is 7.88. The monoisotopic (exact) mass is 587 g/mol. The van der Waals surface area contributed by atoms with Crippen LogP contribution >= 0.6 is 0 Å². The molecule has 41 heavy (non-hydrogen) atoms. The van der Waals surface area contributed by atoms with Crippen molar-refractivity contribution in [3.8, 4) is 11.4 Å². The number of nitrogens with zero attached hydrogens (tertiary/aromatic N) is 4. The first-order valence-corrected chi connectivity index (χ1v) is 15.5. The number of nitrogen functional groups attached to an aromatic ring is 1. The maximum Gasteiger partial charge on any atom is 0.316 e. The van der Waals surface area contributed by atoms with Gasteiger partial charge in [-0.05, 0) is 49.1 Å². The predicted octanol–water partition coefficient (Wildman–Crippen LogP) is 4.09. The van der Waals surface area contributed by atoms with Gasteiger partial charge in [0.15, 0.2) is 0 Å². The Hall–Kier alpha value is -3.51. The van der Waals surface area contributed by atoms with Gasteiger partial charge in [0.2, 0.25) is 15.8 Å². The zero-order valence-corrected chi connectivity index (χ0v) is 23.9. The van der Waals surface area contributed by atoms with Crippen LogP contribution in [-0.2, 0) is 15.8 Å². The summed E-state index contributed by atoms with van der Waals surface area (Å²) in [6.07, 6.45) is 6.54. The van der Waals surface area contributed by atoms with Crippen LogP contribution in [0.15, 0.2) is 53.5 Å². The fourth-order valence-electron chi connectivity index (χ4n) is 5.66. The first-order valence-electron chi connectivity index (χ1n) is 13.9. The molecule has 0 unspecified atom stereocenters. The lowest BCUT2D eigenvalue weighted by Gasteiger charge is -2.42. The van der Waals surface area contributed by atoms with Crippen molar-refractivity contribution in [3.63, 3.8) is 0 Å². The lowest BCUT2D eigenvalue weighted by atomic mass is 9.67. The molecule has 1 aliphatic carbocycles. The molecule has 0 spiro atoms. The van der Waals surface area contributed by atoms with Crippen molar-refractivity contribution in [3.05, 3.63) is 76.2 Å². The van der Waals surface area contributed by atoms with Crippen LogP contribution in [0.5, 0.6) is 5.75 Å². The summed E-state index contributed by atoms with van der Waals surface area (Å²) in [4.78, 5) is 15.6. The SMILES string of the molecule is CCCC1(COc2c(N3CCN(S(=O)(=O)Cc4ccc(N)cc4)CC3)cnn(-c3cc(F)cc(F)c3)c2=O)CCC1. The van der Waals surface area contributed by atoms with Gasteiger partial charge in [-0.15, -0.1) is 0 Å². The molecule has 3 aromatic rings. The van der Waals surface area contributed by atoms with Crippen LogP contribution in [0.4, 0.5) is 20.2 Å². The second-order valence-corrected chi connectivity index (χ2v) is 12.9. The molecule has 2 fully saturated rings. The quantitative estimate of drug-likeness (QED) is 0.356. The van der Waals surface area contributed by atoms with E-state index in [1.54, 1.807) is 24.3 Å². The van der Waals surface area contributed by atoms with E-state index < -0.39 is 27.2 Å². The number of piperazine rings is 1. The highest BCUT2D eigenvalue weighted by Gasteiger charge is 2.38. The van der Waals surface area contributed by atoms with E-state index in [1.165, 1.54) is 10.5 Å². The Labute approximate surface area is 238 Å². The topological polar surface area (TPSA) is 111 Å². The molecule has 0 bridgehead atoms. The third-order valence-electron chi connectivity index (χ3n) is 8.03. The first-order chi connectivity index (χ1) is 19.6. The zero-order valence-electron chi connectivity index (χ0n) is 23.1. The van der Waals surface area contributed by atoms with Crippen LogP contribution < -0.4 is 20.9 Å². The Morgan fingerprint density at radius 1 is 1.02 bits per heavy atom. The predicted molar refractivity (Wildman–Crippen MR) is 154 cm³/mol. The maximum atomic E-state index is 14.0. The minimum Gasteiger partial charge on any atom is -0.486 e. The molecule has 9 nitrogen and oxygen atoms in total. The molecule has 0 amide bonds. The van der Waals surface area contributed by atoms with E-state index in [0.29, 0.717) is 36.6 Å². The third-order valence-corrected chi connectivity index (χ3v) is 9.88. The molecule has 2 N–H and O–H groups in total. The minimum absolute atomic E-state index is 0.00754. The number of anilines is 2. The standard InChI is InChI=1S/C29H35F2N5O4S/c1-2-8-29(9-3-10-29)20-40-27-26(18-33-36(28(27)37)25-16-22(30)15-23(31)17-25)34-11-13-35(14-12-34)41(38,39)19-21-4-6-24(32)7-5-21/h4-7,15-18H,2-3,8-14,19-20,32H2,1H3. The van der Waals surface area contributed by atoms with Gasteiger partial charge in [-0.3, -0.25) is 4.79 Å². The summed E-state index contributed by atoms with van der Waals surface area (Å²) in [6.45, 7) is 3.53. The molecular formula is C29H35F2N5O4S. The van der Waals surface area contributed by atoms with E-state index in [9.17, 15) is 22.0 Å². The summed E-state index contributed by atoms with van der Waals surface area (Å²) < 4.78 is 62.7. The molecule has 12 heteroatoms. The summed E-state index contributed by atoms with van der Waals surface area (Å²) in [6, 6.07) is 9.55. The lowest BCUT2D eigenvalue weighted by Crippen LogP contribution is -2.49. The smallest absolute Gasteiger partial charge is 0.316 e. The number of sulfonamides is 1. The molecule has 0 radical (unpaired) electrons. The Bertz CT molecular complexity index is 1530. The van der Waals surface area contributed by atoms with E-state index in [4.69, 9.17) is 10.5 Å². The van der Waals surface area contributed by atoms with Crippen molar-refractivity contribution in [2.24, 2.45) is 5.41 Å².